The highest BCUT2D eigenvalue weighted by molar-refractivity contribution is 5.96. The Labute approximate surface area is 330 Å². The number of fused-ring (bicyclic) bond motifs is 1. The Morgan fingerprint density at radius 3 is 2.16 bits per heavy atom. The fourth-order valence-corrected chi connectivity index (χ4v) is 6.70. The largest absolute Gasteiger partial charge is 0.368 e. The van der Waals surface area contributed by atoms with Crippen LogP contribution in [0.25, 0.3) is 10.9 Å². The summed E-state index contributed by atoms with van der Waals surface area (Å²) in [5.41, 5.74) is 20.4. The van der Waals surface area contributed by atoms with Gasteiger partial charge in [0.1, 0.15) is 24.2 Å². The Morgan fingerprint density at radius 2 is 1.46 bits per heavy atom. The molecule has 5 rings (SSSR count). The van der Waals surface area contributed by atoms with Crippen molar-refractivity contribution in [2.45, 2.75) is 82.1 Å². The SMILES string of the molecule is C[C@H](NC(=O)N1CCCN1C(=O)[C@@H](N)Cc1cnc[nH]1)C(=O)N[C@@H](Cc1c[nH]c2ccccc12)C(=O)N[C@@H](Cc1ccccc1)C(=O)N[C@@H](CCCCN)C(N)=O. The zero-order valence-electron chi connectivity index (χ0n) is 31.9. The van der Waals surface area contributed by atoms with Crippen LogP contribution in [-0.4, -0.2) is 110 Å². The molecule has 2 aromatic heterocycles. The van der Waals surface area contributed by atoms with Gasteiger partial charge in [-0.05, 0) is 56.3 Å². The Hall–Kier alpha value is -6.27. The molecule has 0 unspecified atom stereocenters. The molecule has 3 heterocycles. The van der Waals surface area contributed by atoms with E-state index in [1.165, 1.54) is 23.3 Å². The second-order valence-electron chi connectivity index (χ2n) is 14.1. The standard InChI is InChI=1S/C39H52N12O6/c1-24(46-39(57)51-17-9-16-50(51)38(56)29(41)20-27-22-43-23-45-27)35(53)48-33(19-26-21-44-30-13-6-5-12-28(26)30)37(55)49-32(18-25-10-3-2-4-11-25)36(54)47-31(34(42)52)14-7-8-15-40/h2-6,10-13,21-24,29,31-33,44H,7-9,14-20,40-41H2,1H3,(H2,42,52)(H,43,45)(H,46,57)(H,47,54)(H,48,53)(H,49,55)/t24-,29-,31-,32-,33-/m0/s1. The van der Waals surface area contributed by atoms with Crippen molar-refractivity contribution in [2.24, 2.45) is 17.2 Å². The van der Waals surface area contributed by atoms with Crippen molar-refractivity contribution >= 4 is 46.5 Å². The van der Waals surface area contributed by atoms with Gasteiger partial charge < -0.3 is 48.4 Å². The van der Waals surface area contributed by atoms with Gasteiger partial charge in [-0.15, -0.1) is 0 Å². The Kier molecular flexibility index (Phi) is 14.7. The predicted octanol–water partition coefficient (Wildman–Crippen LogP) is -0.138. The van der Waals surface area contributed by atoms with E-state index >= 15 is 0 Å². The molecule has 0 saturated carbocycles. The maximum Gasteiger partial charge on any atom is 0.336 e. The first-order valence-corrected chi connectivity index (χ1v) is 19.1. The number of H-pyrrole nitrogens is 2. The second-order valence-corrected chi connectivity index (χ2v) is 14.1. The van der Waals surface area contributed by atoms with Crippen molar-refractivity contribution in [1.82, 2.24) is 46.2 Å². The quantitative estimate of drug-likeness (QED) is 0.0572. The summed E-state index contributed by atoms with van der Waals surface area (Å²) >= 11 is 0. The minimum Gasteiger partial charge on any atom is -0.368 e. The van der Waals surface area contributed by atoms with E-state index in [0.717, 1.165) is 22.0 Å². The summed E-state index contributed by atoms with van der Waals surface area (Å²) < 4.78 is 0. The number of imidazole rings is 1. The lowest BCUT2D eigenvalue weighted by atomic mass is 10.0. The lowest BCUT2D eigenvalue weighted by molar-refractivity contribution is -0.141. The maximum absolute atomic E-state index is 14.2. The molecule has 0 bridgehead atoms. The Balaban J connectivity index is 1.32. The molecule has 18 nitrogen and oxygen atoms in total. The van der Waals surface area contributed by atoms with Crippen molar-refractivity contribution in [2.75, 3.05) is 19.6 Å². The predicted molar refractivity (Wildman–Crippen MR) is 211 cm³/mol. The number of carbonyl (C=O) groups is 6. The van der Waals surface area contributed by atoms with Crippen LogP contribution in [0.15, 0.2) is 73.3 Å². The van der Waals surface area contributed by atoms with Crippen molar-refractivity contribution in [3.8, 4) is 0 Å². The first kappa shape index (κ1) is 41.9. The number of benzene rings is 2. The summed E-state index contributed by atoms with van der Waals surface area (Å²) in [6.45, 7) is 2.36. The number of hydrazine groups is 1. The van der Waals surface area contributed by atoms with Crippen LogP contribution in [0.2, 0.25) is 0 Å². The molecule has 0 spiro atoms. The number of primary amides is 1. The number of hydrogen-bond acceptors (Lipinski definition) is 9. The molecule has 18 heteroatoms. The molecule has 0 aliphatic carbocycles. The fraction of sp³-hybridized carbons (Fsp3) is 0.410. The fourth-order valence-electron chi connectivity index (χ4n) is 6.70. The van der Waals surface area contributed by atoms with Crippen LogP contribution in [0.4, 0.5) is 4.79 Å². The van der Waals surface area contributed by atoms with E-state index in [1.807, 2.05) is 30.3 Å². The summed E-state index contributed by atoms with van der Waals surface area (Å²) in [4.78, 5) is 90.8. The van der Waals surface area contributed by atoms with E-state index < -0.39 is 65.8 Å². The molecule has 304 valence electrons. The van der Waals surface area contributed by atoms with Gasteiger partial charge in [-0.25, -0.2) is 19.8 Å². The highest BCUT2D eigenvalue weighted by Gasteiger charge is 2.36. The zero-order valence-corrected chi connectivity index (χ0v) is 31.9. The van der Waals surface area contributed by atoms with Crippen molar-refractivity contribution in [3.63, 3.8) is 0 Å². The van der Waals surface area contributed by atoms with Crippen LogP contribution in [-0.2, 0) is 43.2 Å². The minimum atomic E-state index is -1.22. The number of amides is 7. The molecule has 1 saturated heterocycles. The number of rotatable bonds is 19. The molecular weight excluding hydrogens is 733 g/mol. The summed E-state index contributed by atoms with van der Waals surface area (Å²) in [5.74, 6) is -3.17. The maximum atomic E-state index is 14.2. The van der Waals surface area contributed by atoms with Gasteiger partial charge in [0, 0.05) is 61.3 Å². The smallest absolute Gasteiger partial charge is 0.336 e. The normalized spacial score (nSPS) is 15.3. The van der Waals surface area contributed by atoms with Crippen LogP contribution in [0.1, 0.15) is 49.4 Å². The van der Waals surface area contributed by atoms with E-state index in [1.54, 1.807) is 36.7 Å². The average molecular weight is 785 g/mol. The number of unbranched alkanes of at least 4 members (excludes halogenated alkanes) is 1. The number of hydrogen-bond donors (Lipinski definition) is 9. The van der Waals surface area contributed by atoms with Gasteiger partial charge in [0.25, 0.3) is 5.91 Å². The molecule has 4 aromatic rings. The summed E-state index contributed by atoms with van der Waals surface area (Å²) in [6, 6.07) is 10.4. The van der Waals surface area contributed by atoms with E-state index in [4.69, 9.17) is 17.2 Å². The van der Waals surface area contributed by atoms with Crippen LogP contribution >= 0.6 is 0 Å². The number of para-hydroxylation sites is 1. The second kappa shape index (κ2) is 20.1. The third kappa shape index (κ3) is 11.4. The molecular formula is C39H52N12O6. The summed E-state index contributed by atoms with van der Waals surface area (Å²) in [7, 11) is 0. The first-order valence-electron chi connectivity index (χ1n) is 19.1. The van der Waals surface area contributed by atoms with Gasteiger partial charge in [0.15, 0.2) is 0 Å². The van der Waals surface area contributed by atoms with Gasteiger partial charge in [-0.2, -0.15) is 0 Å². The van der Waals surface area contributed by atoms with E-state index in [0.29, 0.717) is 31.5 Å². The molecule has 12 N–H and O–H groups in total. The number of aromatic nitrogens is 3. The molecule has 7 amide bonds. The van der Waals surface area contributed by atoms with Gasteiger partial charge in [0.2, 0.25) is 23.6 Å². The third-order valence-electron chi connectivity index (χ3n) is 9.82. The molecule has 2 aromatic carbocycles. The number of nitrogens with one attached hydrogen (secondary N) is 6. The van der Waals surface area contributed by atoms with E-state index in [9.17, 15) is 28.8 Å². The number of aromatic amines is 2. The van der Waals surface area contributed by atoms with E-state index in [-0.39, 0.29) is 38.8 Å². The minimum absolute atomic E-state index is 0.0214. The highest BCUT2D eigenvalue weighted by Crippen LogP contribution is 2.20. The topological polar surface area (TPSA) is 280 Å². The van der Waals surface area contributed by atoms with Crippen molar-refractivity contribution in [3.05, 3.63) is 90.1 Å². The number of nitrogens with zero attached hydrogens (tertiary/aromatic N) is 3. The Bertz CT molecular complexity index is 1990. The van der Waals surface area contributed by atoms with Crippen molar-refractivity contribution < 1.29 is 28.8 Å². The Morgan fingerprint density at radius 1 is 0.789 bits per heavy atom. The van der Waals surface area contributed by atoms with Gasteiger partial charge in [-0.1, -0.05) is 48.5 Å². The molecule has 0 radical (unpaired) electrons. The molecule has 1 fully saturated rings. The van der Waals surface area contributed by atoms with Gasteiger partial charge >= 0.3 is 6.03 Å². The van der Waals surface area contributed by atoms with Crippen LogP contribution < -0.4 is 38.5 Å². The van der Waals surface area contributed by atoms with Gasteiger partial charge in [0.05, 0.1) is 12.4 Å². The average Bonchev–Trinajstić information content (AvgIpc) is 3.99. The van der Waals surface area contributed by atoms with E-state index in [2.05, 4.69) is 36.2 Å². The monoisotopic (exact) mass is 784 g/mol. The van der Waals surface area contributed by atoms with Crippen LogP contribution in [0, 0.1) is 0 Å². The first-order chi connectivity index (χ1) is 27.4. The van der Waals surface area contributed by atoms with Crippen LogP contribution in [0.3, 0.4) is 0 Å². The molecule has 1 aliphatic heterocycles. The molecule has 57 heavy (non-hydrogen) atoms. The highest BCUT2D eigenvalue weighted by atomic mass is 16.2. The lowest BCUT2D eigenvalue weighted by Crippen LogP contribution is -2.60. The third-order valence-corrected chi connectivity index (χ3v) is 9.82. The lowest BCUT2D eigenvalue weighted by Gasteiger charge is -2.31. The zero-order chi connectivity index (χ0) is 40.9. The summed E-state index contributed by atoms with van der Waals surface area (Å²) in [5, 5.41) is 14.2. The van der Waals surface area contributed by atoms with Crippen molar-refractivity contribution in [1.29, 1.82) is 0 Å². The number of carbonyl (C=O) groups excluding carboxylic acids is 6. The summed E-state index contributed by atoms with van der Waals surface area (Å²) in [6.07, 6.45) is 7.05. The molecule has 5 atom stereocenters. The number of urea groups is 1. The number of nitrogens with two attached hydrogens (primary N) is 3. The van der Waals surface area contributed by atoms with Crippen LogP contribution in [0.5, 0.6) is 0 Å². The van der Waals surface area contributed by atoms with Gasteiger partial charge in [-0.3, -0.25) is 24.0 Å². The molecule has 1 aliphatic rings.